The zero-order chi connectivity index (χ0) is 12.5. The minimum Gasteiger partial charge on any atom is -0.354 e. The van der Waals surface area contributed by atoms with Crippen molar-refractivity contribution in [3.05, 3.63) is 24.0 Å². The Morgan fingerprint density at radius 3 is 2.53 bits per heavy atom. The topological polar surface area (TPSA) is 22.0 Å². The van der Waals surface area contributed by atoms with Gasteiger partial charge in [-0.05, 0) is 12.5 Å². The number of nitrogens with zero attached hydrogens (tertiary/aromatic N) is 1. The van der Waals surface area contributed by atoms with Crippen molar-refractivity contribution in [2.75, 3.05) is 0 Å². The second-order valence-electron chi connectivity index (χ2n) is 4.68. The van der Waals surface area contributed by atoms with E-state index in [1.54, 1.807) is 0 Å². The van der Waals surface area contributed by atoms with Crippen molar-refractivity contribution < 1.29 is 4.79 Å². The Morgan fingerprint density at radius 2 is 1.82 bits per heavy atom. The summed E-state index contributed by atoms with van der Waals surface area (Å²) in [6.45, 7) is 5.20. The van der Waals surface area contributed by atoms with Gasteiger partial charge in [0.2, 0.25) is 0 Å². The van der Waals surface area contributed by atoms with E-state index < -0.39 is 0 Å². The fraction of sp³-hybridized carbons (Fsp3) is 0.667. The summed E-state index contributed by atoms with van der Waals surface area (Å²) in [6.07, 6.45) is 12.5. The molecule has 0 saturated heterocycles. The summed E-state index contributed by atoms with van der Waals surface area (Å²) in [4.78, 5) is 11.5. The van der Waals surface area contributed by atoms with E-state index in [0.717, 1.165) is 12.1 Å². The van der Waals surface area contributed by atoms with Crippen molar-refractivity contribution in [1.82, 2.24) is 4.57 Å². The fourth-order valence-corrected chi connectivity index (χ4v) is 2.02. The molecular formula is C15H25NO. The van der Waals surface area contributed by atoms with Gasteiger partial charge in [-0.1, -0.05) is 46.0 Å². The molecule has 0 aromatic carbocycles. The van der Waals surface area contributed by atoms with Crippen molar-refractivity contribution in [1.29, 1.82) is 0 Å². The summed E-state index contributed by atoms with van der Waals surface area (Å²) in [5.41, 5.74) is 0.860. The minimum atomic E-state index is 0.242. The van der Waals surface area contributed by atoms with Crippen LogP contribution >= 0.6 is 0 Å². The number of hydrogen-bond acceptors (Lipinski definition) is 1. The van der Waals surface area contributed by atoms with E-state index in [1.165, 1.54) is 38.5 Å². The molecule has 2 heteroatoms. The molecule has 1 aromatic heterocycles. The molecule has 0 unspecified atom stereocenters. The zero-order valence-electron chi connectivity index (χ0n) is 11.2. The molecule has 0 atom stereocenters. The van der Waals surface area contributed by atoms with Crippen molar-refractivity contribution in [3.8, 4) is 0 Å². The summed E-state index contributed by atoms with van der Waals surface area (Å²) < 4.78 is 2.14. The van der Waals surface area contributed by atoms with Gasteiger partial charge in [0.25, 0.3) is 0 Å². The first kappa shape index (κ1) is 14.0. The van der Waals surface area contributed by atoms with Gasteiger partial charge in [0.05, 0.1) is 0 Å². The number of hydrogen-bond donors (Lipinski definition) is 0. The van der Waals surface area contributed by atoms with Gasteiger partial charge in [0.1, 0.15) is 0 Å². The lowest BCUT2D eigenvalue weighted by molar-refractivity contribution is 0.0988. The van der Waals surface area contributed by atoms with Crippen LogP contribution in [-0.2, 0) is 6.54 Å². The highest BCUT2D eigenvalue weighted by atomic mass is 16.1. The van der Waals surface area contributed by atoms with Crippen molar-refractivity contribution in [2.45, 2.75) is 65.3 Å². The Kier molecular flexibility index (Phi) is 6.68. The second-order valence-corrected chi connectivity index (χ2v) is 4.68. The second kappa shape index (κ2) is 8.10. The highest BCUT2D eigenvalue weighted by molar-refractivity contribution is 5.95. The normalized spacial score (nSPS) is 10.7. The maximum atomic E-state index is 11.5. The summed E-state index contributed by atoms with van der Waals surface area (Å²) in [6, 6.07) is 1.93. The van der Waals surface area contributed by atoms with Gasteiger partial charge in [0, 0.05) is 30.9 Å². The molecule has 0 spiro atoms. The van der Waals surface area contributed by atoms with Crippen LogP contribution in [0.25, 0.3) is 0 Å². The van der Waals surface area contributed by atoms with Gasteiger partial charge < -0.3 is 4.57 Å². The molecule has 0 radical (unpaired) electrons. The number of rotatable bonds is 9. The molecule has 0 bridgehead atoms. The molecular weight excluding hydrogens is 210 g/mol. The zero-order valence-corrected chi connectivity index (χ0v) is 11.2. The van der Waals surface area contributed by atoms with Gasteiger partial charge in [-0.2, -0.15) is 0 Å². The highest BCUT2D eigenvalue weighted by Gasteiger charge is 2.04. The Morgan fingerprint density at radius 1 is 1.12 bits per heavy atom. The average molecular weight is 235 g/mol. The van der Waals surface area contributed by atoms with Gasteiger partial charge in [-0.3, -0.25) is 4.79 Å². The van der Waals surface area contributed by atoms with E-state index in [0.29, 0.717) is 6.42 Å². The van der Waals surface area contributed by atoms with Crippen LogP contribution in [0, 0.1) is 0 Å². The molecule has 0 aliphatic rings. The van der Waals surface area contributed by atoms with Crippen LogP contribution in [0.15, 0.2) is 18.5 Å². The number of carbonyl (C=O) groups excluding carboxylic acids is 1. The third-order valence-corrected chi connectivity index (χ3v) is 3.16. The number of Topliss-reactive ketones (excluding diaryl/α,β-unsaturated/α-hetero) is 1. The number of carbonyl (C=O) groups is 1. The van der Waals surface area contributed by atoms with Crippen molar-refractivity contribution >= 4 is 5.78 Å². The molecule has 1 rings (SSSR count). The Labute approximate surface area is 105 Å². The standard InChI is InChI=1S/C15H25NO/c1-3-5-6-7-8-9-11-16-12-10-14(13-16)15(17)4-2/h10,12-13H,3-9,11H2,1-2H3. The predicted molar refractivity (Wildman–Crippen MR) is 72.4 cm³/mol. The third-order valence-electron chi connectivity index (χ3n) is 3.16. The number of ketones is 1. The monoisotopic (exact) mass is 235 g/mol. The first-order chi connectivity index (χ1) is 8.27. The van der Waals surface area contributed by atoms with Crippen LogP contribution in [0.1, 0.15) is 69.2 Å². The Balaban J connectivity index is 2.19. The van der Waals surface area contributed by atoms with Gasteiger partial charge in [0.15, 0.2) is 5.78 Å². The molecule has 1 heterocycles. The molecule has 0 aliphatic heterocycles. The van der Waals surface area contributed by atoms with Crippen LogP contribution in [-0.4, -0.2) is 10.4 Å². The molecule has 0 fully saturated rings. The molecule has 0 aliphatic carbocycles. The number of aryl methyl sites for hydroxylation is 1. The lowest BCUT2D eigenvalue weighted by Crippen LogP contribution is -1.97. The number of unbranched alkanes of at least 4 members (excludes halogenated alkanes) is 5. The van der Waals surface area contributed by atoms with Crippen LogP contribution in [0.2, 0.25) is 0 Å². The number of aromatic nitrogens is 1. The average Bonchev–Trinajstić information content (AvgIpc) is 2.81. The first-order valence-corrected chi connectivity index (χ1v) is 6.97. The lowest BCUT2D eigenvalue weighted by Gasteiger charge is -2.02. The third kappa shape index (κ3) is 5.20. The smallest absolute Gasteiger partial charge is 0.164 e. The predicted octanol–water partition coefficient (Wildman–Crippen LogP) is 4.44. The lowest BCUT2D eigenvalue weighted by atomic mass is 10.1. The van der Waals surface area contributed by atoms with E-state index in [9.17, 15) is 4.79 Å². The maximum absolute atomic E-state index is 11.5. The Hall–Kier alpha value is -1.05. The van der Waals surface area contributed by atoms with Crippen molar-refractivity contribution in [2.24, 2.45) is 0 Å². The van der Waals surface area contributed by atoms with E-state index >= 15 is 0 Å². The van der Waals surface area contributed by atoms with Crippen LogP contribution in [0.3, 0.4) is 0 Å². The highest BCUT2D eigenvalue weighted by Crippen LogP contribution is 2.09. The van der Waals surface area contributed by atoms with E-state index in [-0.39, 0.29) is 5.78 Å². The minimum absolute atomic E-state index is 0.242. The van der Waals surface area contributed by atoms with Crippen molar-refractivity contribution in [3.63, 3.8) is 0 Å². The molecule has 17 heavy (non-hydrogen) atoms. The maximum Gasteiger partial charge on any atom is 0.164 e. The van der Waals surface area contributed by atoms with Crippen LogP contribution in [0.5, 0.6) is 0 Å². The van der Waals surface area contributed by atoms with Gasteiger partial charge in [-0.15, -0.1) is 0 Å². The summed E-state index contributed by atoms with van der Waals surface area (Å²) in [5.74, 6) is 0.242. The Bertz CT molecular complexity index is 327. The molecule has 0 saturated carbocycles. The quantitative estimate of drug-likeness (QED) is 0.458. The molecule has 0 amide bonds. The molecule has 1 aromatic rings. The summed E-state index contributed by atoms with van der Waals surface area (Å²) >= 11 is 0. The van der Waals surface area contributed by atoms with E-state index in [2.05, 4.69) is 11.5 Å². The van der Waals surface area contributed by atoms with Crippen LogP contribution in [0.4, 0.5) is 0 Å². The van der Waals surface area contributed by atoms with E-state index in [4.69, 9.17) is 0 Å². The first-order valence-electron chi connectivity index (χ1n) is 6.97. The van der Waals surface area contributed by atoms with Gasteiger partial charge >= 0.3 is 0 Å². The summed E-state index contributed by atoms with van der Waals surface area (Å²) in [5, 5.41) is 0. The van der Waals surface area contributed by atoms with Crippen LogP contribution < -0.4 is 0 Å². The largest absolute Gasteiger partial charge is 0.354 e. The SMILES string of the molecule is CCCCCCCCn1ccc(C(=O)CC)c1. The molecule has 2 nitrogen and oxygen atoms in total. The van der Waals surface area contributed by atoms with E-state index in [1.807, 2.05) is 25.4 Å². The summed E-state index contributed by atoms with van der Waals surface area (Å²) in [7, 11) is 0. The molecule has 96 valence electrons. The fourth-order valence-electron chi connectivity index (χ4n) is 2.02. The van der Waals surface area contributed by atoms with Gasteiger partial charge in [-0.25, -0.2) is 0 Å². The molecule has 0 N–H and O–H groups in total.